The Morgan fingerprint density at radius 1 is 1.50 bits per heavy atom. The molecule has 1 aliphatic rings. The van der Waals surface area contributed by atoms with Crippen LogP contribution < -0.4 is 10.6 Å². The number of aromatic nitrogens is 2. The maximum Gasteiger partial charge on any atom is 0.251 e. The van der Waals surface area contributed by atoms with E-state index in [2.05, 4.69) is 20.8 Å². The van der Waals surface area contributed by atoms with Crippen LogP contribution in [0.25, 0.3) is 0 Å². The second kappa shape index (κ2) is 4.76. The van der Waals surface area contributed by atoms with E-state index in [9.17, 15) is 9.59 Å². The van der Waals surface area contributed by atoms with E-state index in [1.165, 1.54) is 0 Å². The van der Waals surface area contributed by atoms with Crippen molar-refractivity contribution in [3.63, 3.8) is 0 Å². The number of fused-ring (bicyclic) bond motifs is 1. The Morgan fingerprint density at radius 2 is 2.35 bits per heavy atom. The summed E-state index contributed by atoms with van der Waals surface area (Å²) in [6.45, 7) is 1.88. The van der Waals surface area contributed by atoms with Gasteiger partial charge in [0.05, 0.1) is 13.0 Å². The number of carbonyl (C=O) groups excluding carboxylic acids is 2. The number of benzene rings is 1. The zero-order chi connectivity index (χ0) is 14.1. The van der Waals surface area contributed by atoms with Crippen LogP contribution in [-0.4, -0.2) is 22.0 Å². The van der Waals surface area contributed by atoms with E-state index in [1.807, 2.05) is 0 Å². The van der Waals surface area contributed by atoms with Crippen LogP contribution in [0.4, 0.5) is 5.69 Å². The van der Waals surface area contributed by atoms with E-state index >= 15 is 0 Å². The summed E-state index contributed by atoms with van der Waals surface area (Å²) < 4.78 is 4.81. The summed E-state index contributed by atoms with van der Waals surface area (Å²) in [5, 5.41) is 9.10. The summed E-state index contributed by atoms with van der Waals surface area (Å²) in [5.41, 5.74) is 2.07. The Balaban J connectivity index is 1.69. The van der Waals surface area contributed by atoms with Crippen LogP contribution in [0.3, 0.4) is 0 Å². The highest BCUT2D eigenvalue weighted by Gasteiger charge is 2.19. The first-order valence-electron chi connectivity index (χ1n) is 6.12. The summed E-state index contributed by atoms with van der Waals surface area (Å²) in [6.07, 6.45) is 0.360. The molecular formula is C13H12N4O3. The molecule has 0 bridgehead atoms. The van der Waals surface area contributed by atoms with Gasteiger partial charge in [0.1, 0.15) is 0 Å². The minimum Gasteiger partial charge on any atom is -0.345 e. The van der Waals surface area contributed by atoms with E-state index in [4.69, 9.17) is 4.52 Å². The fraction of sp³-hybridized carbons (Fsp3) is 0.231. The molecule has 0 unspecified atom stereocenters. The average molecular weight is 272 g/mol. The number of nitrogens with zero attached hydrogens (tertiary/aromatic N) is 2. The van der Waals surface area contributed by atoms with Crippen LogP contribution in [-0.2, 0) is 17.8 Å². The van der Waals surface area contributed by atoms with Crippen molar-refractivity contribution in [2.45, 2.75) is 19.9 Å². The number of rotatable bonds is 3. The lowest BCUT2D eigenvalue weighted by molar-refractivity contribution is -0.115. The average Bonchev–Trinajstić information content (AvgIpc) is 2.99. The van der Waals surface area contributed by atoms with E-state index in [1.54, 1.807) is 25.1 Å². The molecule has 2 aromatic rings. The quantitative estimate of drug-likeness (QED) is 0.861. The van der Waals surface area contributed by atoms with E-state index < -0.39 is 0 Å². The molecule has 2 N–H and O–H groups in total. The number of amides is 2. The zero-order valence-electron chi connectivity index (χ0n) is 10.8. The molecule has 7 nitrogen and oxygen atoms in total. The van der Waals surface area contributed by atoms with Crippen molar-refractivity contribution in [3.05, 3.63) is 41.0 Å². The molecule has 7 heteroatoms. The Bertz CT molecular complexity index is 693. The Kier molecular flexibility index (Phi) is 2.94. The zero-order valence-corrected chi connectivity index (χ0v) is 10.8. The summed E-state index contributed by atoms with van der Waals surface area (Å²) in [5.74, 6) is 0.566. The molecule has 3 rings (SSSR count). The second-order valence-electron chi connectivity index (χ2n) is 4.51. The molecule has 1 aromatic heterocycles. The molecule has 0 atom stereocenters. The maximum absolute atomic E-state index is 12.0. The Morgan fingerprint density at radius 3 is 3.10 bits per heavy atom. The Labute approximate surface area is 114 Å². The van der Waals surface area contributed by atoms with Gasteiger partial charge < -0.3 is 15.2 Å². The normalized spacial score (nSPS) is 12.9. The highest BCUT2D eigenvalue weighted by Crippen LogP contribution is 2.23. The summed E-state index contributed by atoms with van der Waals surface area (Å²) in [7, 11) is 0. The number of hydrogen-bond donors (Lipinski definition) is 2. The molecule has 1 aromatic carbocycles. The van der Waals surface area contributed by atoms with Crippen molar-refractivity contribution in [3.8, 4) is 0 Å². The third kappa shape index (κ3) is 2.37. The minimum absolute atomic E-state index is 0.0557. The maximum atomic E-state index is 12.0. The lowest BCUT2D eigenvalue weighted by Crippen LogP contribution is -2.23. The van der Waals surface area contributed by atoms with Crippen molar-refractivity contribution in [2.24, 2.45) is 0 Å². The van der Waals surface area contributed by atoms with Crippen molar-refractivity contribution in [1.82, 2.24) is 15.5 Å². The standard InChI is InChI=1S/C13H12N4O3/c1-7-15-11(17-20-7)6-14-13(19)9-3-2-8-5-12(18)16-10(8)4-9/h2-4H,5-6H2,1H3,(H,14,19)(H,16,18). The molecule has 2 amide bonds. The van der Waals surface area contributed by atoms with Crippen LogP contribution in [0.5, 0.6) is 0 Å². The van der Waals surface area contributed by atoms with Gasteiger partial charge in [0.25, 0.3) is 5.91 Å². The van der Waals surface area contributed by atoms with Gasteiger partial charge in [-0.05, 0) is 17.7 Å². The van der Waals surface area contributed by atoms with Gasteiger partial charge in [-0.25, -0.2) is 0 Å². The lowest BCUT2D eigenvalue weighted by Gasteiger charge is -2.04. The second-order valence-corrected chi connectivity index (χ2v) is 4.51. The number of hydrogen-bond acceptors (Lipinski definition) is 5. The first kappa shape index (κ1) is 12.3. The van der Waals surface area contributed by atoms with Gasteiger partial charge in [-0.2, -0.15) is 4.98 Å². The van der Waals surface area contributed by atoms with Crippen LogP contribution in [0.15, 0.2) is 22.7 Å². The summed E-state index contributed by atoms with van der Waals surface area (Å²) in [6, 6.07) is 5.13. The molecule has 0 aliphatic carbocycles. The van der Waals surface area contributed by atoms with Crippen LogP contribution in [0.2, 0.25) is 0 Å². The third-order valence-corrected chi connectivity index (χ3v) is 2.97. The summed E-state index contributed by atoms with van der Waals surface area (Å²) >= 11 is 0. The Hall–Kier alpha value is -2.70. The van der Waals surface area contributed by atoms with Crippen LogP contribution >= 0.6 is 0 Å². The summed E-state index contributed by atoms with van der Waals surface area (Å²) in [4.78, 5) is 27.2. The molecule has 0 saturated heterocycles. The number of nitrogens with one attached hydrogen (secondary N) is 2. The fourth-order valence-electron chi connectivity index (χ4n) is 2.03. The number of anilines is 1. The van der Waals surface area contributed by atoms with E-state index in [-0.39, 0.29) is 18.4 Å². The first-order chi connectivity index (χ1) is 9.61. The molecule has 20 heavy (non-hydrogen) atoms. The van der Waals surface area contributed by atoms with Crippen LogP contribution in [0.1, 0.15) is 27.6 Å². The molecule has 0 spiro atoms. The van der Waals surface area contributed by atoms with E-state index in [0.717, 1.165) is 5.56 Å². The minimum atomic E-state index is -0.253. The molecule has 102 valence electrons. The predicted octanol–water partition coefficient (Wildman–Crippen LogP) is 0.803. The van der Waals surface area contributed by atoms with Gasteiger partial charge in [-0.1, -0.05) is 11.2 Å². The first-order valence-corrected chi connectivity index (χ1v) is 6.12. The predicted molar refractivity (Wildman–Crippen MR) is 69.0 cm³/mol. The third-order valence-electron chi connectivity index (χ3n) is 2.97. The largest absolute Gasteiger partial charge is 0.345 e. The fourth-order valence-corrected chi connectivity index (χ4v) is 2.03. The van der Waals surface area contributed by atoms with Gasteiger partial charge in [-0.3, -0.25) is 9.59 Å². The molecular weight excluding hydrogens is 260 g/mol. The number of carbonyl (C=O) groups is 2. The van der Waals surface area contributed by atoms with Crippen molar-refractivity contribution < 1.29 is 14.1 Å². The van der Waals surface area contributed by atoms with Gasteiger partial charge in [0.2, 0.25) is 11.8 Å². The highest BCUT2D eigenvalue weighted by atomic mass is 16.5. The monoisotopic (exact) mass is 272 g/mol. The van der Waals surface area contributed by atoms with Gasteiger partial charge in [-0.15, -0.1) is 0 Å². The molecule has 0 radical (unpaired) electrons. The van der Waals surface area contributed by atoms with Crippen molar-refractivity contribution >= 4 is 17.5 Å². The van der Waals surface area contributed by atoms with Gasteiger partial charge >= 0.3 is 0 Å². The van der Waals surface area contributed by atoms with Gasteiger partial charge in [0, 0.05) is 18.2 Å². The number of aryl methyl sites for hydroxylation is 1. The van der Waals surface area contributed by atoms with Crippen molar-refractivity contribution in [2.75, 3.05) is 5.32 Å². The molecule has 0 fully saturated rings. The van der Waals surface area contributed by atoms with Crippen molar-refractivity contribution in [1.29, 1.82) is 0 Å². The topological polar surface area (TPSA) is 97.1 Å². The van der Waals surface area contributed by atoms with E-state index in [0.29, 0.717) is 29.4 Å². The SMILES string of the molecule is Cc1nc(CNC(=O)c2ccc3c(c2)NC(=O)C3)no1. The molecule has 0 saturated carbocycles. The molecule has 2 heterocycles. The molecule has 1 aliphatic heterocycles. The highest BCUT2D eigenvalue weighted by molar-refractivity contribution is 6.02. The van der Waals surface area contributed by atoms with Gasteiger partial charge in [0.15, 0.2) is 5.82 Å². The van der Waals surface area contributed by atoms with Crippen LogP contribution in [0, 0.1) is 6.92 Å². The lowest BCUT2D eigenvalue weighted by atomic mass is 10.1. The smallest absolute Gasteiger partial charge is 0.251 e.